The normalized spacial score (nSPS) is 15.5. The molecule has 3 aromatic rings. The Morgan fingerprint density at radius 2 is 1.89 bits per heavy atom. The Balaban J connectivity index is 1.45. The molecule has 0 spiro atoms. The van der Waals surface area contributed by atoms with Crippen molar-refractivity contribution in [3.63, 3.8) is 0 Å². The average Bonchev–Trinajstić information content (AvgIpc) is 3.65. The second-order valence-electron chi connectivity index (χ2n) is 12.2. The molecule has 8 heteroatoms. The van der Waals surface area contributed by atoms with E-state index in [0.717, 1.165) is 74.2 Å². The summed E-state index contributed by atoms with van der Waals surface area (Å²) >= 11 is 1.74. The predicted molar refractivity (Wildman–Crippen MR) is 183 cm³/mol. The van der Waals surface area contributed by atoms with Crippen molar-refractivity contribution in [2.45, 2.75) is 84.3 Å². The smallest absolute Gasteiger partial charge is 0.252 e. The molecule has 0 aliphatic carbocycles. The van der Waals surface area contributed by atoms with Gasteiger partial charge in [-0.2, -0.15) is 0 Å². The molecule has 1 atom stereocenters. The number of nitrogens with zero attached hydrogens (tertiary/aromatic N) is 3. The lowest BCUT2D eigenvalue weighted by molar-refractivity contribution is -0.124. The molecule has 236 valence electrons. The first kappa shape index (κ1) is 33.4. The van der Waals surface area contributed by atoms with Gasteiger partial charge in [0.05, 0.1) is 11.0 Å². The summed E-state index contributed by atoms with van der Waals surface area (Å²) in [6.45, 7) is 18.9. The highest BCUT2D eigenvalue weighted by Gasteiger charge is 2.27. The van der Waals surface area contributed by atoms with E-state index in [-0.39, 0.29) is 23.8 Å². The summed E-state index contributed by atoms with van der Waals surface area (Å²) in [5, 5.41) is 8.38. The molecule has 1 aromatic carbocycles. The number of carbonyl (C=O) groups excluding carboxylic acids is 2. The molecule has 0 radical (unpaired) electrons. The molecule has 2 amide bonds. The highest BCUT2D eigenvalue weighted by Crippen LogP contribution is 2.28. The molecule has 7 nitrogen and oxygen atoms in total. The van der Waals surface area contributed by atoms with Crippen LogP contribution in [0.1, 0.15) is 86.9 Å². The fourth-order valence-corrected chi connectivity index (χ4v) is 6.82. The van der Waals surface area contributed by atoms with Crippen LogP contribution in [0, 0.1) is 5.92 Å². The summed E-state index contributed by atoms with van der Waals surface area (Å²) in [7, 11) is 0. The number of hydrogen-bond donors (Lipinski definition) is 2. The Kier molecular flexibility index (Phi) is 12.1. The topological polar surface area (TPSA) is 79.3 Å². The van der Waals surface area contributed by atoms with Crippen LogP contribution < -0.4 is 10.6 Å². The van der Waals surface area contributed by atoms with Crippen LogP contribution in [-0.4, -0.2) is 58.0 Å². The largest absolute Gasteiger partial charge is 0.351 e. The Labute approximate surface area is 267 Å². The van der Waals surface area contributed by atoms with Crippen LogP contribution in [0.5, 0.6) is 0 Å². The molecule has 4 rings (SSSR count). The number of aromatic nitrogens is 2. The zero-order valence-electron chi connectivity index (χ0n) is 26.9. The average molecular weight is 616 g/mol. The molecular weight excluding hydrogens is 566 g/mol. The highest BCUT2D eigenvalue weighted by atomic mass is 32.1. The first-order valence-electron chi connectivity index (χ1n) is 16.1. The molecule has 0 bridgehead atoms. The van der Waals surface area contributed by atoms with Gasteiger partial charge in [-0.15, -0.1) is 11.3 Å². The lowest BCUT2D eigenvalue weighted by Crippen LogP contribution is -2.52. The van der Waals surface area contributed by atoms with Crippen LogP contribution in [0.25, 0.3) is 11.0 Å². The van der Waals surface area contributed by atoms with Crippen molar-refractivity contribution in [2.24, 2.45) is 5.92 Å². The van der Waals surface area contributed by atoms with Gasteiger partial charge in [-0.1, -0.05) is 65.1 Å². The van der Waals surface area contributed by atoms with Gasteiger partial charge in [0, 0.05) is 48.6 Å². The van der Waals surface area contributed by atoms with Gasteiger partial charge in [-0.25, -0.2) is 4.98 Å². The van der Waals surface area contributed by atoms with Crippen LogP contribution in [-0.2, 0) is 11.2 Å². The van der Waals surface area contributed by atoms with Crippen molar-refractivity contribution in [1.29, 1.82) is 0 Å². The standard InChI is InChI=1S/C36H49N5O2S/c1-7-12-26(8-2)24-40-18-16-28(17-19-40)37-36(43)32(21-25(5)6)39-35(42)27-14-15-33-31(22-27)38-34(23-30-13-11-20-44-30)41(33)29(9-3)10-4/h7-8,11-15,20,22,25,28-29,32H,1-2,9-10,16-19,21,23-24H2,3-6H3,(H,37,43)(H,39,42)/b26-12+/t32-/m0/s1. The minimum Gasteiger partial charge on any atom is -0.351 e. The van der Waals surface area contributed by atoms with Crippen LogP contribution in [0.2, 0.25) is 0 Å². The maximum Gasteiger partial charge on any atom is 0.252 e. The monoisotopic (exact) mass is 615 g/mol. The van der Waals surface area contributed by atoms with Crippen molar-refractivity contribution in [2.75, 3.05) is 19.6 Å². The van der Waals surface area contributed by atoms with Crippen LogP contribution in [0.3, 0.4) is 0 Å². The van der Waals surface area contributed by atoms with Crippen LogP contribution in [0.15, 0.2) is 72.7 Å². The lowest BCUT2D eigenvalue weighted by atomic mass is 10.00. The van der Waals surface area contributed by atoms with Gasteiger partial charge in [0.1, 0.15) is 11.9 Å². The van der Waals surface area contributed by atoms with Gasteiger partial charge in [0.25, 0.3) is 5.91 Å². The molecule has 2 N–H and O–H groups in total. The summed E-state index contributed by atoms with van der Waals surface area (Å²) < 4.78 is 2.35. The van der Waals surface area contributed by atoms with E-state index in [9.17, 15) is 9.59 Å². The number of fused-ring (bicyclic) bond motifs is 1. The number of rotatable bonds is 15. The van der Waals surface area contributed by atoms with Gasteiger partial charge < -0.3 is 15.2 Å². The summed E-state index contributed by atoms with van der Waals surface area (Å²) in [6, 6.07) is 9.80. The molecular formula is C36H49N5O2S. The Bertz CT molecular complexity index is 1440. The Hall–Kier alpha value is -3.49. The second-order valence-corrected chi connectivity index (χ2v) is 13.3. The third-order valence-corrected chi connectivity index (χ3v) is 9.38. The fourth-order valence-electron chi connectivity index (χ4n) is 6.12. The number of benzene rings is 1. The lowest BCUT2D eigenvalue weighted by Gasteiger charge is -2.33. The van der Waals surface area contributed by atoms with E-state index in [4.69, 9.17) is 4.98 Å². The minimum atomic E-state index is -0.601. The van der Waals surface area contributed by atoms with Gasteiger partial charge in [-0.3, -0.25) is 14.5 Å². The SMILES string of the molecule is C=C/C=C(\C=C)CN1CCC(NC(=O)[C@H](CC(C)C)NC(=O)c2ccc3c(c2)nc(Cc2cccs2)n3C(CC)CC)CC1. The maximum absolute atomic E-state index is 13.5. The summed E-state index contributed by atoms with van der Waals surface area (Å²) in [5.74, 6) is 0.917. The van der Waals surface area contributed by atoms with Gasteiger partial charge >= 0.3 is 0 Å². The summed E-state index contributed by atoms with van der Waals surface area (Å²) in [4.78, 5) is 35.7. The van der Waals surface area contributed by atoms with Crippen molar-refractivity contribution < 1.29 is 9.59 Å². The van der Waals surface area contributed by atoms with Gasteiger partial charge in [0.2, 0.25) is 5.91 Å². The first-order chi connectivity index (χ1) is 21.3. The number of likely N-dealkylation sites (tertiary alicyclic amines) is 1. The molecule has 0 unspecified atom stereocenters. The Morgan fingerprint density at radius 1 is 1.14 bits per heavy atom. The third kappa shape index (κ3) is 8.57. The van der Waals surface area contributed by atoms with Crippen LogP contribution >= 0.6 is 11.3 Å². The molecule has 2 aromatic heterocycles. The van der Waals surface area contributed by atoms with E-state index in [0.29, 0.717) is 18.0 Å². The second kappa shape index (κ2) is 16.0. The molecule has 3 heterocycles. The van der Waals surface area contributed by atoms with E-state index in [2.05, 4.69) is 78.5 Å². The quantitative estimate of drug-likeness (QED) is 0.179. The van der Waals surface area contributed by atoms with Crippen molar-refractivity contribution in [3.05, 3.63) is 88.9 Å². The van der Waals surface area contributed by atoms with Crippen molar-refractivity contribution >= 4 is 34.2 Å². The van der Waals surface area contributed by atoms with E-state index in [1.54, 1.807) is 17.4 Å². The zero-order chi connectivity index (χ0) is 31.6. The number of thiophene rings is 1. The number of hydrogen-bond acceptors (Lipinski definition) is 5. The number of nitrogens with one attached hydrogen (secondary N) is 2. The minimum absolute atomic E-state index is 0.0908. The van der Waals surface area contributed by atoms with Gasteiger partial charge in [-0.05, 0) is 73.2 Å². The van der Waals surface area contributed by atoms with Crippen molar-refractivity contribution in [1.82, 2.24) is 25.1 Å². The molecule has 1 fully saturated rings. The van der Waals surface area contributed by atoms with Crippen molar-refractivity contribution in [3.8, 4) is 0 Å². The molecule has 0 saturated carbocycles. The van der Waals surface area contributed by atoms with Gasteiger partial charge in [0.15, 0.2) is 0 Å². The van der Waals surface area contributed by atoms with E-state index in [1.807, 2.05) is 30.4 Å². The molecule has 1 saturated heterocycles. The number of carbonyl (C=O) groups is 2. The third-order valence-electron chi connectivity index (χ3n) is 8.51. The predicted octanol–water partition coefficient (Wildman–Crippen LogP) is 7.07. The van der Waals surface area contributed by atoms with E-state index in [1.165, 1.54) is 4.88 Å². The Morgan fingerprint density at radius 3 is 2.50 bits per heavy atom. The molecule has 44 heavy (non-hydrogen) atoms. The first-order valence-corrected chi connectivity index (χ1v) is 16.9. The highest BCUT2D eigenvalue weighted by molar-refractivity contribution is 7.09. The summed E-state index contributed by atoms with van der Waals surface area (Å²) in [6.07, 6.45) is 10.7. The molecule has 1 aliphatic rings. The number of amides is 2. The maximum atomic E-state index is 13.5. The van der Waals surface area contributed by atoms with E-state index < -0.39 is 6.04 Å². The zero-order valence-corrected chi connectivity index (χ0v) is 27.7. The summed E-state index contributed by atoms with van der Waals surface area (Å²) in [5.41, 5.74) is 3.52. The number of piperidine rings is 1. The van der Waals surface area contributed by atoms with E-state index >= 15 is 0 Å². The molecule has 1 aliphatic heterocycles. The number of imidazole rings is 1. The number of allylic oxidation sites excluding steroid dienone is 2. The fraction of sp³-hybridized carbons (Fsp3) is 0.472. The van der Waals surface area contributed by atoms with Crippen LogP contribution in [0.4, 0.5) is 0 Å².